The molecule has 148 valence electrons. The third-order valence-electron chi connectivity index (χ3n) is 5.26. The van der Waals surface area contributed by atoms with E-state index in [1.165, 1.54) is 0 Å². The molecule has 4 rings (SSSR count). The maximum atomic E-state index is 13.1. The van der Waals surface area contributed by atoms with Crippen molar-refractivity contribution in [1.29, 1.82) is 0 Å². The van der Waals surface area contributed by atoms with Gasteiger partial charge < -0.3 is 14.8 Å². The van der Waals surface area contributed by atoms with Crippen LogP contribution in [-0.2, 0) is 6.42 Å². The van der Waals surface area contributed by atoms with Gasteiger partial charge in [0, 0.05) is 18.2 Å². The first-order valence-corrected chi connectivity index (χ1v) is 10.1. The van der Waals surface area contributed by atoms with Crippen molar-refractivity contribution in [1.82, 2.24) is 5.32 Å². The second-order valence-electron chi connectivity index (χ2n) is 7.44. The fourth-order valence-electron chi connectivity index (χ4n) is 3.68. The lowest BCUT2D eigenvalue weighted by molar-refractivity contribution is 0.0460. The van der Waals surface area contributed by atoms with Crippen LogP contribution in [0.25, 0.3) is 16.5 Å². The van der Waals surface area contributed by atoms with Gasteiger partial charge >= 0.3 is 0 Å². The Balaban J connectivity index is 1.57. The summed E-state index contributed by atoms with van der Waals surface area (Å²) in [6.07, 6.45) is 8.40. The number of allylic oxidation sites excluding steroid dienone is 2. The zero-order chi connectivity index (χ0) is 20.3. The van der Waals surface area contributed by atoms with Crippen LogP contribution in [0.3, 0.4) is 0 Å². The highest BCUT2D eigenvalue weighted by atomic mass is 16.3. The summed E-state index contributed by atoms with van der Waals surface area (Å²) in [6, 6.07) is 17.5. The monoisotopic (exact) mass is 387 g/mol. The van der Waals surface area contributed by atoms with Crippen LogP contribution in [-0.4, -0.2) is 16.7 Å². The highest BCUT2D eigenvalue weighted by molar-refractivity contribution is 6.07. The lowest BCUT2D eigenvalue weighted by Gasteiger charge is -2.28. The molecule has 0 radical (unpaired) electrons. The SMILES string of the molecule is CCCCc1oc2ccccc2c1C(=O)NC1(O)C=CC(c2ccccc2)=CC1. The van der Waals surface area contributed by atoms with Crippen LogP contribution in [0.2, 0.25) is 0 Å². The highest BCUT2D eigenvalue weighted by Gasteiger charge is 2.30. The number of benzene rings is 2. The smallest absolute Gasteiger partial charge is 0.257 e. The molecular formula is C25H25NO3. The Bertz CT molecular complexity index is 1080. The predicted octanol–water partition coefficient (Wildman–Crippen LogP) is 5.24. The number of hydrogen-bond acceptors (Lipinski definition) is 3. The summed E-state index contributed by atoms with van der Waals surface area (Å²) >= 11 is 0. The van der Waals surface area contributed by atoms with Gasteiger partial charge in [-0.1, -0.05) is 74.0 Å². The molecule has 2 aromatic carbocycles. The summed E-state index contributed by atoms with van der Waals surface area (Å²) in [5.74, 6) is 0.360. The molecule has 0 saturated heterocycles. The number of nitrogens with one attached hydrogen (secondary N) is 1. The minimum absolute atomic E-state index is 0.305. The van der Waals surface area contributed by atoms with Crippen LogP contribution in [0.1, 0.15) is 47.9 Å². The van der Waals surface area contributed by atoms with Gasteiger partial charge in [-0.05, 0) is 29.7 Å². The van der Waals surface area contributed by atoms with Crippen molar-refractivity contribution in [2.24, 2.45) is 0 Å². The number of carbonyl (C=O) groups excluding carboxylic acids is 1. The molecule has 0 fully saturated rings. The van der Waals surface area contributed by atoms with Gasteiger partial charge in [0.05, 0.1) is 5.56 Å². The molecule has 1 atom stereocenters. The Morgan fingerprint density at radius 1 is 1.14 bits per heavy atom. The lowest BCUT2D eigenvalue weighted by Crippen LogP contribution is -2.47. The topological polar surface area (TPSA) is 62.5 Å². The van der Waals surface area contributed by atoms with Gasteiger partial charge in [-0.2, -0.15) is 0 Å². The summed E-state index contributed by atoms with van der Waals surface area (Å²) in [5, 5.41) is 14.5. The lowest BCUT2D eigenvalue weighted by atomic mass is 9.94. The average Bonchev–Trinajstić information content (AvgIpc) is 3.11. The van der Waals surface area contributed by atoms with Gasteiger partial charge in [0.1, 0.15) is 11.3 Å². The van der Waals surface area contributed by atoms with Crippen LogP contribution in [0, 0.1) is 0 Å². The van der Waals surface area contributed by atoms with Gasteiger partial charge in [-0.25, -0.2) is 0 Å². The number of aliphatic hydroxyl groups is 1. The largest absolute Gasteiger partial charge is 0.460 e. The average molecular weight is 387 g/mol. The second-order valence-corrected chi connectivity index (χ2v) is 7.44. The van der Waals surface area contributed by atoms with Crippen LogP contribution < -0.4 is 5.32 Å². The molecule has 3 aromatic rings. The van der Waals surface area contributed by atoms with E-state index in [1.54, 1.807) is 6.08 Å². The van der Waals surface area contributed by atoms with Crippen molar-refractivity contribution in [3.05, 3.63) is 89.7 Å². The molecule has 29 heavy (non-hydrogen) atoms. The molecule has 0 aliphatic heterocycles. The predicted molar refractivity (Wildman–Crippen MR) is 115 cm³/mol. The van der Waals surface area contributed by atoms with E-state index in [4.69, 9.17) is 4.42 Å². The number of furan rings is 1. The molecule has 0 bridgehead atoms. The van der Waals surface area contributed by atoms with Gasteiger partial charge in [0.25, 0.3) is 5.91 Å². The molecule has 4 heteroatoms. The molecule has 0 saturated carbocycles. The van der Waals surface area contributed by atoms with E-state index in [9.17, 15) is 9.90 Å². The minimum Gasteiger partial charge on any atom is -0.460 e. The number of amides is 1. The third-order valence-corrected chi connectivity index (χ3v) is 5.26. The van der Waals surface area contributed by atoms with E-state index in [0.717, 1.165) is 29.4 Å². The van der Waals surface area contributed by atoms with E-state index >= 15 is 0 Å². The van der Waals surface area contributed by atoms with E-state index in [1.807, 2.05) is 66.7 Å². The molecule has 4 nitrogen and oxygen atoms in total. The molecule has 2 N–H and O–H groups in total. The van der Waals surface area contributed by atoms with Crippen molar-refractivity contribution in [2.45, 2.75) is 38.3 Å². The highest BCUT2D eigenvalue weighted by Crippen LogP contribution is 2.29. The van der Waals surface area contributed by atoms with E-state index in [-0.39, 0.29) is 5.91 Å². The first kappa shape index (κ1) is 19.2. The van der Waals surface area contributed by atoms with Crippen LogP contribution in [0.15, 0.2) is 77.2 Å². The summed E-state index contributed by atoms with van der Waals surface area (Å²) in [7, 11) is 0. The second kappa shape index (κ2) is 8.10. The summed E-state index contributed by atoms with van der Waals surface area (Å²) in [5.41, 5.74) is 1.91. The number of unbranched alkanes of at least 4 members (excludes halogenated alkanes) is 1. The van der Waals surface area contributed by atoms with Gasteiger partial charge in [0.2, 0.25) is 0 Å². The maximum absolute atomic E-state index is 13.1. The first-order chi connectivity index (χ1) is 14.1. The maximum Gasteiger partial charge on any atom is 0.257 e. The van der Waals surface area contributed by atoms with Gasteiger partial charge in [-0.3, -0.25) is 4.79 Å². The van der Waals surface area contributed by atoms with E-state index in [2.05, 4.69) is 12.2 Å². The Kier molecular flexibility index (Phi) is 5.36. The zero-order valence-electron chi connectivity index (χ0n) is 16.5. The van der Waals surface area contributed by atoms with Crippen LogP contribution in [0.5, 0.6) is 0 Å². The Morgan fingerprint density at radius 3 is 2.62 bits per heavy atom. The summed E-state index contributed by atoms with van der Waals surface area (Å²) in [4.78, 5) is 13.1. The third kappa shape index (κ3) is 4.03. The minimum atomic E-state index is -1.42. The molecule has 1 amide bonds. The number of para-hydroxylation sites is 1. The molecular weight excluding hydrogens is 362 g/mol. The van der Waals surface area contributed by atoms with Gasteiger partial charge in [0.15, 0.2) is 5.72 Å². The Hall–Kier alpha value is -3.11. The molecule has 1 aliphatic rings. The summed E-state index contributed by atoms with van der Waals surface area (Å²) < 4.78 is 5.95. The van der Waals surface area contributed by atoms with Crippen molar-refractivity contribution in [3.8, 4) is 0 Å². The number of aryl methyl sites for hydroxylation is 1. The molecule has 0 spiro atoms. The molecule has 1 heterocycles. The quantitative estimate of drug-likeness (QED) is 0.569. The van der Waals surface area contributed by atoms with Crippen molar-refractivity contribution >= 4 is 22.4 Å². The fourth-order valence-corrected chi connectivity index (χ4v) is 3.68. The summed E-state index contributed by atoms with van der Waals surface area (Å²) in [6.45, 7) is 2.11. The molecule has 1 unspecified atom stereocenters. The van der Waals surface area contributed by atoms with Crippen molar-refractivity contribution in [3.63, 3.8) is 0 Å². The molecule has 1 aromatic heterocycles. The number of carbonyl (C=O) groups is 1. The standard InChI is InChI=1S/C25H25NO3/c1-2-3-12-22-23(20-11-7-8-13-21(20)29-22)24(27)26-25(28)16-14-19(15-17-25)18-9-5-4-6-10-18/h4-11,13-16,28H,2-3,12,17H2,1H3,(H,26,27). The van der Waals surface area contributed by atoms with Crippen molar-refractivity contribution < 1.29 is 14.3 Å². The first-order valence-electron chi connectivity index (χ1n) is 10.1. The normalized spacial score (nSPS) is 18.6. The zero-order valence-corrected chi connectivity index (χ0v) is 16.5. The van der Waals surface area contributed by atoms with Crippen LogP contribution in [0.4, 0.5) is 0 Å². The number of rotatable bonds is 6. The van der Waals surface area contributed by atoms with Crippen LogP contribution >= 0.6 is 0 Å². The van der Waals surface area contributed by atoms with Gasteiger partial charge in [-0.15, -0.1) is 0 Å². The van der Waals surface area contributed by atoms with Crippen molar-refractivity contribution in [2.75, 3.05) is 0 Å². The fraction of sp³-hybridized carbons (Fsp3) is 0.240. The Morgan fingerprint density at radius 2 is 1.90 bits per heavy atom. The number of fused-ring (bicyclic) bond motifs is 1. The Labute approximate surface area is 170 Å². The van der Waals surface area contributed by atoms with E-state index in [0.29, 0.717) is 29.7 Å². The van der Waals surface area contributed by atoms with E-state index < -0.39 is 5.72 Å². The number of hydrogen-bond donors (Lipinski definition) is 2. The molecule has 1 aliphatic carbocycles.